The molecule has 0 atom stereocenters. The summed E-state index contributed by atoms with van der Waals surface area (Å²) in [7, 11) is 0. The van der Waals surface area contributed by atoms with E-state index in [4.69, 9.17) is 0 Å². The molecular formula is C15H15N3O4. The van der Waals surface area contributed by atoms with Gasteiger partial charge in [-0.15, -0.1) is 0 Å². The fourth-order valence-corrected chi connectivity index (χ4v) is 2.24. The molecule has 1 N–H and O–H groups in total. The van der Waals surface area contributed by atoms with E-state index in [0.29, 0.717) is 4.90 Å². The molecule has 3 rings (SSSR count). The molecule has 2 aliphatic rings. The molecule has 1 aliphatic heterocycles. The number of imide groups is 2. The summed E-state index contributed by atoms with van der Waals surface area (Å²) in [5, 5.41) is 2.69. The van der Waals surface area contributed by atoms with E-state index >= 15 is 0 Å². The third kappa shape index (κ3) is 2.83. The highest BCUT2D eigenvalue weighted by molar-refractivity contribution is 6.44. The van der Waals surface area contributed by atoms with Crippen molar-refractivity contribution in [2.75, 3.05) is 6.54 Å². The van der Waals surface area contributed by atoms with Crippen LogP contribution in [0, 0.1) is 0 Å². The van der Waals surface area contributed by atoms with Crippen LogP contribution in [0.1, 0.15) is 18.4 Å². The summed E-state index contributed by atoms with van der Waals surface area (Å²) < 4.78 is 0. The van der Waals surface area contributed by atoms with E-state index in [9.17, 15) is 19.2 Å². The van der Waals surface area contributed by atoms with Crippen LogP contribution in [0.2, 0.25) is 0 Å². The van der Waals surface area contributed by atoms with Gasteiger partial charge >= 0.3 is 17.8 Å². The van der Waals surface area contributed by atoms with E-state index in [1.54, 1.807) is 24.3 Å². The van der Waals surface area contributed by atoms with Crippen LogP contribution < -0.4 is 5.32 Å². The predicted octanol–water partition coefficient (Wildman–Crippen LogP) is 0.256. The number of nitrogens with zero attached hydrogens (tertiary/aromatic N) is 2. The molecule has 1 saturated heterocycles. The highest BCUT2D eigenvalue weighted by Gasteiger charge is 2.45. The van der Waals surface area contributed by atoms with Crippen LogP contribution in [0.5, 0.6) is 0 Å². The quantitative estimate of drug-likeness (QED) is 0.624. The van der Waals surface area contributed by atoms with Gasteiger partial charge in [-0.1, -0.05) is 30.3 Å². The number of hydrogen-bond donors (Lipinski definition) is 1. The number of urea groups is 1. The molecule has 0 radical (unpaired) electrons. The Morgan fingerprint density at radius 2 is 1.68 bits per heavy atom. The van der Waals surface area contributed by atoms with Crippen molar-refractivity contribution in [2.45, 2.75) is 25.4 Å². The number of amides is 5. The molecular weight excluding hydrogens is 286 g/mol. The first-order valence-corrected chi connectivity index (χ1v) is 7.07. The fourth-order valence-electron chi connectivity index (χ4n) is 2.24. The highest BCUT2D eigenvalue weighted by atomic mass is 16.2. The number of carbonyl (C=O) groups excluding carboxylic acids is 4. The van der Waals surface area contributed by atoms with E-state index in [2.05, 4.69) is 5.32 Å². The second-order valence-electron chi connectivity index (χ2n) is 5.39. The number of rotatable bonds is 5. The Bertz CT molecular complexity index is 639. The first-order chi connectivity index (χ1) is 10.6. The molecule has 1 aromatic carbocycles. The van der Waals surface area contributed by atoms with Crippen LogP contribution in [0.3, 0.4) is 0 Å². The molecule has 7 nitrogen and oxygen atoms in total. The summed E-state index contributed by atoms with van der Waals surface area (Å²) in [6.07, 6.45) is 1.82. The van der Waals surface area contributed by atoms with Crippen molar-refractivity contribution < 1.29 is 19.2 Å². The lowest BCUT2D eigenvalue weighted by molar-refractivity contribution is -0.144. The smallest absolute Gasteiger partial charge is 0.335 e. The van der Waals surface area contributed by atoms with Crippen molar-refractivity contribution in [3.05, 3.63) is 35.9 Å². The first kappa shape index (κ1) is 14.2. The SMILES string of the molecule is O=C(CN1C(=O)C(=O)N(Cc2ccccc2)C1=O)NC1CC1. The van der Waals surface area contributed by atoms with Gasteiger partial charge in [-0.2, -0.15) is 0 Å². The molecule has 0 bridgehead atoms. The second-order valence-corrected chi connectivity index (χ2v) is 5.39. The zero-order chi connectivity index (χ0) is 15.7. The van der Waals surface area contributed by atoms with Gasteiger partial charge in [0.25, 0.3) is 0 Å². The predicted molar refractivity (Wildman–Crippen MR) is 75.3 cm³/mol. The van der Waals surface area contributed by atoms with Gasteiger partial charge in [0.05, 0.1) is 6.54 Å². The third-order valence-corrected chi connectivity index (χ3v) is 3.56. The third-order valence-electron chi connectivity index (χ3n) is 3.56. The Labute approximate surface area is 126 Å². The van der Waals surface area contributed by atoms with Gasteiger partial charge in [0, 0.05) is 6.04 Å². The molecule has 22 heavy (non-hydrogen) atoms. The van der Waals surface area contributed by atoms with Gasteiger partial charge in [-0.25, -0.2) is 9.69 Å². The lowest BCUT2D eigenvalue weighted by atomic mass is 10.2. The van der Waals surface area contributed by atoms with E-state index in [1.165, 1.54) is 0 Å². The van der Waals surface area contributed by atoms with Gasteiger partial charge in [0.1, 0.15) is 6.54 Å². The molecule has 2 fully saturated rings. The van der Waals surface area contributed by atoms with Crippen LogP contribution in [0.25, 0.3) is 0 Å². The Kier molecular flexibility index (Phi) is 3.62. The van der Waals surface area contributed by atoms with Crippen LogP contribution >= 0.6 is 0 Å². The topological polar surface area (TPSA) is 86.8 Å². The minimum atomic E-state index is -0.952. The molecule has 7 heteroatoms. The van der Waals surface area contributed by atoms with Gasteiger partial charge in [-0.3, -0.25) is 19.3 Å². The minimum absolute atomic E-state index is 0.0188. The zero-order valence-corrected chi connectivity index (χ0v) is 11.8. The molecule has 0 unspecified atom stereocenters. The second kappa shape index (κ2) is 5.59. The Balaban J connectivity index is 1.68. The van der Waals surface area contributed by atoms with Crippen LogP contribution in [-0.4, -0.2) is 46.1 Å². The maximum absolute atomic E-state index is 12.2. The van der Waals surface area contributed by atoms with Gasteiger partial charge < -0.3 is 5.32 Å². The van der Waals surface area contributed by atoms with Crippen molar-refractivity contribution >= 4 is 23.8 Å². The van der Waals surface area contributed by atoms with Crippen molar-refractivity contribution in [3.63, 3.8) is 0 Å². The van der Waals surface area contributed by atoms with Gasteiger partial charge in [0.2, 0.25) is 5.91 Å². The molecule has 1 saturated carbocycles. The minimum Gasteiger partial charge on any atom is -0.352 e. The first-order valence-electron chi connectivity index (χ1n) is 7.07. The fraction of sp³-hybridized carbons (Fsp3) is 0.333. The Morgan fingerprint density at radius 3 is 2.32 bits per heavy atom. The van der Waals surface area contributed by atoms with Crippen molar-refractivity contribution in [1.29, 1.82) is 0 Å². The van der Waals surface area contributed by atoms with Crippen molar-refractivity contribution in [3.8, 4) is 0 Å². The maximum Gasteiger partial charge on any atom is 0.335 e. The normalized spacial score (nSPS) is 18.1. The number of carbonyl (C=O) groups is 4. The monoisotopic (exact) mass is 301 g/mol. The standard InChI is InChI=1S/C15H15N3O4/c19-12(16-11-6-7-11)9-18-14(21)13(20)17(15(18)22)8-10-4-2-1-3-5-10/h1-5,11H,6-9H2,(H,16,19). The lowest BCUT2D eigenvalue weighted by Gasteiger charge is -2.15. The summed E-state index contributed by atoms with van der Waals surface area (Å²) in [6, 6.07) is 8.28. The van der Waals surface area contributed by atoms with E-state index in [1.807, 2.05) is 6.07 Å². The maximum atomic E-state index is 12.2. The Morgan fingerprint density at radius 1 is 1.05 bits per heavy atom. The highest BCUT2D eigenvalue weighted by Crippen LogP contribution is 2.19. The molecule has 0 spiro atoms. The van der Waals surface area contributed by atoms with E-state index < -0.39 is 30.3 Å². The number of benzene rings is 1. The number of hydrogen-bond acceptors (Lipinski definition) is 4. The average molecular weight is 301 g/mol. The molecule has 114 valence electrons. The van der Waals surface area contributed by atoms with Crippen LogP contribution in [-0.2, 0) is 20.9 Å². The molecule has 1 aromatic rings. The Hall–Kier alpha value is -2.70. The van der Waals surface area contributed by atoms with Crippen molar-refractivity contribution in [2.24, 2.45) is 0 Å². The summed E-state index contributed by atoms with van der Waals surface area (Å²) >= 11 is 0. The summed E-state index contributed by atoms with van der Waals surface area (Å²) in [5.41, 5.74) is 0.737. The molecule has 1 aliphatic carbocycles. The van der Waals surface area contributed by atoms with Gasteiger partial charge in [0.15, 0.2) is 0 Å². The number of nitrogens with one attached hydrogen (secondary N) is 1. The van der Waals surface area contributed by atoms with E-state index in [-0.39, 0.29) is 12.6 Å². The molecule has 1 heterocycles. The van der Waals surface area contributed by atoms with Crippen LogP contribution in [0.15, 0.2) is 30.3 Å². The zero-order valence-electron chi connectivity index (χ0n) is 11.8. The van der Waals surface area contributed by atoms with Crippen molar-refractivity contribution in [1.82, 2.24) is 15.1 Å². The molecule has 0 aromatic heterocycles. The summed E-state index contributed by atoms with van der Waals surface area (Å²) in [5.74, 6) is -2.27. The molecule has 5 amide bonds. The van der Waals surface area contributed by atoms with Crippen LogP contribution in [0.4, 0.5) is 4.79 Å². The summed E-state index contributed by atoms with van der Waals surface area (Å²) in [6.45, 7) is -0.393. The summed E-state index contributed by atoms with van der Waals surface area (Å²) in [4.78, 5) is 49.3. The largest absolute Gasteiger partial charge is 0.352 e. The van der Waals surface area contributed by atoms with E-state index in [0.717, 1.165) is 23.3 Å². The average Bonchev–Trinajstić information content (AvgIpc) is 3.30. The van der Waals surface area contributed by atoms with Gasteiger partial charge in [-0.05, 0) is 18.4 Å². The lowest BCUT2D eigenvalue weighted by Crippen LogP contribution is -2.42.